The molecular formula is C13H20ClN3O. The van der Waals surface area contributed by atoms with Crippen LogP contribution in [0.2, 0.25) is 5.02 Å². The van der Waals surface area contributed by atoms with Gasteiger partial charge in [0.05, 0.1) is 10.6 Å². The molecule has 1 heterocycles. The summed E-state index contributed by atoms with van der Waals surface area (Å²) in [4.78, 5) is 20.2. The van der Waals surface area contributed by atoms with Crippen molar-refractivity contribution in [2.24, 2.45) is 0 Å². The summed E-state index contributed by atoms with van der Waals surface area (Å²) in [6.07, 6.45) is 3.09. The molecule has 0 fully saturated rings. The Labute approximate surface area is 114 Å². The Morgan fingerprint density at radius 2 is 2.17 bits per heavy atom. The maximum Gasteiger partial charge on any atom is 0.255 e. The summed E-state index contributed by atoms with van der Waals surface area (Å²) in [6.45, 7) is 5.49. The number of halogens is 1. The zero-order valence-electron chi connectivity index (χ0n) is 11.4. The van der Waals surface area contributed by atoms with Crippen LogP contribution in [0.3, 0.4) is 0 Å². The third kappa shape index (κ3) is 3.68. The van der Waals surface area contributed by atoms with Crippen molar-refractivity contribution in [3.63, 3.8) is 0 Å². The van der Waals surface area contributed by atoms with Crippen LogP contribution in [0, 0.1) is 0 Å². The summed E-state index contributed by atoms with van der Waals surface area (Å²) in [6, 6.07) is 1.80. The van der Waals surface area contributed by atoms with E-state index in [-0.39, 0.29) is 11.9 Å². The van der Waals surface area contributed by atoms with Gasteiger partial charge in [-0.2, -0.15) is 0 Å². The van der Waals surface area contributed by atoms with Crippen LogP contribution in [0.1, 0.15) is 24.2 Å². The lowest BCUT2D eigenvalue weighted by Gasteiger charge is -2.30. The Morgan fingerprint density at radius 1 is 1.50 bits per heavy atom. The summed E-state index contributed by atoms with van der Waals surface area (Å²) >= 11 is 6.01. The molecule has 1 amide bonds. The van der Waals surface area contributed by atoms with Gasteiger partial charge in [0.2, 0.25) is 0 Å². The van der Waals surface area contributed by atoms with Gasteiger partial charge in [-0.05, 0) is 34.0 Å². The fraction of sp³-hybridized carbons (Fsp3) is 0.538. The molecule has 0 saturated carbocycles. The lowest BCUT2D eigenvalue weighted by atomic mass is 10.2. The van der Waals surface area contributed by atoms with Crippen molar-refractivity contribution in [1.82, 2.24) is 14.8 Å². The maximum absolute atomic E-state index is 12.4. The highest BCUT2D eigenvalue weighted by atomic mass is 35.5. The van der Waals surface area contributed by atoms with E-state index < -0.39 is 0 Å². The Morgan fingerprint density at radius 3 is 2.67 bits per heavy atom. The van der Waals surface area contributed by atoms with E-state index in [1.54, 1.807) is 12.3 Å². The molecule has 0 aliphatic carbocycles. The minimum atomic E-state index is -0.0424. The second-order valence-electron chi connectivity index (χ2n) is 4.56. The zero-order chi connectivity index (χ0) is 13.7. The molecule has 18 heavy (non-hydrogen) atoms. The van der Waals surface area contributed by atoms with Crippen molar-refractivity contribution in [2.75, 3.05) is 27.2 Å². The number of hydrogen-bond acceptors (Lipinski definition) is 3. The standard InChI is InChI=1S/C13H20ClN3O/c1-5-17(10(2)9-16(3)4)13(18)11-6-7-15-8-12(11)14/h6-8,10H,5,9H2,1-4H3. The first-order chi connectivity index (χ1) is 8.47. The lowest BCUT2D eigenvalue weighted by Crippen LogP contribution is -2.43. The summed E-state index contributed by atoms with van der Waals surface area (Å²) < 4.78 is 0. The lowest BCUT2D eigenvalue weighted by molar-refractivity contribution is 0.0679. The number of hydrogen-bond donors (Lipinski definition) is 0. The second-order valence-corrected chi connectivity index (χ2v) is 4.97. The Balaban J connectivity index is 2.89. The molecule has 5 heteroatoms. The number of amides is 1. The number of likely N-dealkylation sites (N-methyl/N-ethyl adjacent to an activating group) is 2. The van der Waals surface area contributed by atoms with Crippen molar-refractivity contribution < 1.29 is 4.79 Å². The zero-order valence-corrected chi connectivity index (χ0v) is 12.1. The van der Waals surface area contributed by atoms with Gasteiger partial charge in [-0.3, -0.25) is 9.78 Å². The van der Waals surface area contributed by atoms with Crippen molar-refractivity contribution in [2.45, 2.75) is 19.9 Å². The Hall–Kier alpha value is -1.13. The van der Waals surface area contributed by atoms with Crippen LogP contribution >= 0.6 is 11.6 Å². The first kappa shape index (κ1) is 14.9. The highest BCUT2D eigenvalue weighted by Gasteiger charge is 2.22. The molecule has 0 saturated heterocycles. The van der Waals surface area contributed by atoms with Crippen LogP contribution < -0.4 is 0 Å². The van der Waals surface area contributed by atoms with E-state index in [2.05, 4.69) is 9.88 Å². The van der Waals surface area contributed by atoms with Crippen molar-refractivity contribution in [1.29, 1.82) is 0 Å². The van der Waals surface area contributed by atoms with Crippen LogP contribution in [0.25, 0.3) is 0 Å². The Kier molecular flexibility index (Phi) is 5.56. The number of rotatable bonds is 5. The number of aromatic nitrogens is 1. The molecule has 1 unspecified atom stereocenters. The molecule has 1 aromatic heterocycles. The topological polar surface area (TPSA) is 36.4 Å². The predicted molar refractivity (Wildman–Crippen MR) is 74.0 cm³/mol. The van der Waals surface area contributed by atoms with Gasteiger partial charge in [0.25, 0.3) is 5.91 Å². The van der Waals surface area contributed by atoms with Gasteiger partial charge < -0.3 is 9.80 Å². The number of nitrogens with zero attached hydrogens (tertiary/aromatic N) is 3. The van der Waals surface area contributed by atoms with E-state index in [4.69, 9.17) is 11.6 Å². The smallest absolute Gasteiger partial charge is 0.255 e. The average Bonchev–Trinajstić information content (AvgIpc) is 2.29. The molecule has 0 spiro atoms. The van der Waals surface area contributed by atoms with Crippen molar-refractivity contribution >= 4 is 17.5 Å². The molecular weight excluding hydrogens is 250 g/mol. The van der Waals surface area contributed by atoms with E-state index >= 15 is 0 Å². The number of pyridine rings is 1. The van der Waals surface area contributed by atoms with Crippen molar-refractivity contribution in [3.8, 4) is 0 Å². The van der Waals surface area contributed by atoms with Crippen LogP contribution in [-0.2, 0) is 0 Å². The summed E-state index contributed by atoms with van der Waals surface area (Å²) in [5.41, 5.74) is 0.513. The molecule has 0 bridgehead atoms. The third-order valence-corrected chi connectivity index (χ3v) is 3.07. The minimum absolute atomic E-state index is 0.0424. The van der Waals surface area contributed by atoms with Crippen LogP contribution in [0.5, 0.6) is 0 Å². The highest BCUT2D eigenvalue weighted by molar-refractivity contribution is 6.33. The average molecular weight is 270 g/mol. The molecule has 1 aromatic rings. The minimum Gasteiger partial charge on any atom is -0.335 e. The van der Waals surface area contributed by atoms with Gasteiger partial charge in [0, 0.05) is 31.5 Å². The summed E-state index contributed by atoms with van der Waals surface area (Å²) in [5.74, 6) is -0.0424. The third-order valence-electron chi connectivity index (χ3n) is 2.77. The summed E-state index contributed by atoms with van der Waals surface area (Å²) in [5, 5.41) is 0.401. The number of carbonyl (C=O) groups excluding carboxylic acids is 1. The van der Waals surface area contributed by atoms with E-state index in [0.29, 0.717) is 17.1 Å². The fourth-order valence-electron chi connectivity index (χ4n) is 1.99. The van der Waals surface area contributed by atoms with Crippen molar-refractivity contribution in [3.05, 3.63) is 29.0 Å². The summed E-state index contributed by atoms with van der Waals surface area (Å²) in [7, 11) is 3.99. The molecule has 0 N–H and O–H groups in total. The van der Waals surface area contributed by atoms with E-state index in [1.807, 2.05) is 32.8 Å². The maximum atomic E-state index is 12.4. The first-order valence-corrected chi connectivity index (χ1v) is 6.40. The van der Waals surface area contributed by atoms with Gasteiger partial charge in [-0.15, -0.1) is 0 Å². The van der Waals surface area contributed by atoms with Crippen LogP contribution in [0.15, 0.2) is 18.5 Å². The van der Waals surface area contributed by atoms with Gasteiger partial charge in [-0.1, -0.05) is 11.6 Å². The van der Waals surface area contributed by atoms with Crippen LogP contribution in [0.4, 0.5) is 0 Å². The highest BCUT2D eigenvalue weighted by Crippen LogP contribution is 2.17. The quantitative estimate of drug-likeness (QED) is 0.822. The fourth-order valence-corrected chi connectivity index (χ4v) is 2.19. The van der Waals surface area contributed by atoms with Gasteiger partial charge in [0.15, 0.2) is 0 Å². The normalized spacial score (nSPS) is 12.6. The van der Waals surface area contributed by atoms with Gasteiger partial charge in [0.1, 0.15) is 0 Å². The van der Waals surface area contributed by atoms with E-state index in [9.17, 15) is 4.79 Å². The first-order valence-electron chi connectivity index (χ1n) is 6.02. The molecule has 100 valence electrons. The Bertz CT molecular complexity index is 409. The predicted octanol–water partition coefficient (Wildman–Crippen LogP) is 2.15. The van der Waals surface area contributed by atoms with Gasteiger partial charge in [-0.25, -0.2) is 0 Å². The second kappa shape index (κ2) is 6.71. The van der Waals surface area contributed by atoms with E-state index in [0.717, 1.165) is 6.54 Å². The SMILES string of the molecule is CCN(C(=O)c1ccncc1Cl)C(C)CN(C)C. The van der Waals surface area contributed by atoms with E-state index in [1.165, 1.54) is 6.20 Å². The van der Waals surface area contributed by atoms with Crippen LogP contribution in [-0.4, -0.2) is 53.9 Å². The molecule has 0 aliphatic heterocycles. The molecule has 0 aromatic carbocycles. The molecule has 0 aliphatic rings. The largest absolute Gasteiger partial charge is 0.335 e. The molecule has 1 atom stereocenters. The van der Waals surface area contributed by atoms with Gasteiger partial charge >= 0.3 is 0 Å². The molecule has 0 radical (unpaired) electrons. The number of carbonyl (C=O) groups is 1. The monoisotopic (exact) mass is 269 g/mol. The molecule has 4 nitrogen and oxygen atoms in total. The molecule has 1 rings (SSSR count).